The molecule has 0 radical (unpaired) electrons. The summed E-state index contributed by atoms with van der Waals surface area (Å²) in [7, 11) is -3.77. The van der Waals surface area contributed by atoms with Crippen molar-refractivity contribution in [3.8, 4) is 17.0 Å². The molecule has 4 aromatic rings. The highest BCUT2D eigenvalue weighted by Crippen LogP contribution is 2.24. The van der Waals surface area contributed by atoms with E-state index in [1.165, 1.54) is 24.3 Å². The smallest absolute Gasteiger partial charge is 0.262 e. The molecule has 0 atom stereocenters. The zero-order chi connectivity index (χ0) is 24.1. The average Bonchev–Trinajstić information content (AvgIpc) is 3.26. The number of nitrogens with zero attached hydrogens (tertiary/aromatic N) is 1. The largest absolute Gasteiger partial charge is 0.484 e. The Morgan fingerprint density at radius 3 is 2.44 bits per heavy atom. The topological polar surface area (TPSA) is 97.4 Å². The van der Waals surface area contributed by atoms with Gasteiger partial charge in [0.25, 0.3) is 15.9 Å². The second-order valence-electron chi connectivity index (χ2n) is 7.25. The maximum absolute atomic E-state index is 12.5. The molecule has 1 heterocycles. The number of ether oxygens (including phenoxy) is 1. The SMILES string of the molecule is Cc1nc(-c2cccc(NC(=O)COc3ccc(S(=O)(=O)Nc4ccc(Cl)cc4)cc3)c2)cs1. The van der Waals surface area contributed by atoms with Crippen molar-refractivity contribution in [1.29, 1.82) is 0 Å². The molecular formula is C24H20ClN3O4S2. The minimum absolute atomic E-state index is 0.0633. The number of halogens is 1. The number of rotatable bonds is 8. The van der Waals surface area contributed by atoms with E-state index in [0.29, 0.717) is 22.1 Å². The Bertz CT molecular complexity index is 1400. The van der Waals surface area contributed by atoms with Gasteiger partial charge in [-0.05, 0) is 67.6 Å². The summed E-state index contributed by atoms with van der Waals surface area (Å²) in [5.74, 6) is 0.0278. The van der Waals surface area contributed by atoms with Crippen molar-refractivity contribution in [2.24, 2.45) is 0 Å². The van der Waals surface area contributed by atoms with Crippen LogP contribution in [0, 0.1) is 6.92 Å². The zero-order valence-corrected chi connectivity index (χ0v) is 20.4. The van der Waals surface area contributed by atoms with Crippen LogP contribution in [-0.2, 0) is 14.8 Å². The number of anilines is 2. The van der Waals surface area contributed by atoms with Gasteiger partial charge in [-0.15, -0.1) is 11.3 Å². The second kappa shape index (κ2) is 10.3. The Morgan fingerprint density at radius 2 is 1.76 bits per heavy atom. The van der Waals surface area contributed by atoms with Crippen molar-refractivity contribution in [3.05, 3.63) is 88.2 Å². The number of hydrogen-bond donors (Lipinski definition) is 2. The second-order valence-corrected chi connectivity index (χ2v) is 10.4. The first-order valence-corrected chi connectivity index (χ1v) is 12.9. The number of aromatic nitrogens is 1. The summed E-state index contributed by atoms with van der Waals surface area (Å²) in [6.07, 6.45) is 0. The van der Waals surface area contributed by atoms with Crippen LogP contribution in [0.25, 0.3) is 11.3 Å². The van der Waals surface area contributed by atoms with Gasteiger partial charge in [-0.1, -0.05) is 23.7 Å². The monoisotopic (exact) mass is 513 g/mol. The zero-order valence-electron chi connectivity index (χ0n) is 18.0. The molecule has 4 rings (SSSR count). The first-order valence-electron chi connectivity index (χ1n) is 10.1. The van der Waals surface area contributed by atoms with Crippen molar-refractivity contribution in [2.75, 3.05) is 16.6 Å². The van der Waals surface area contributed by atoms with Crippen LogP contribution in [0.5, 0.6) is 5.75 Å². The first kappa shape index (κ1) is 23.7. The molecule has 3 aromatic carbocycles. The highest BCUT2D eigenvalue weighted by Gasteiger charge is 2.14. The van der Waals surface area contributed by atoms with Crippen LogP contribution in [0.3, 0.4) is 0 Å². The maximum atomic E-state index is 12.5. The highest BCUT2D eigenvalue weighted by atomic mass is 35.5. The lowest BCUT2D eigenvalue weighted by molar-refractivity contribution is -0.118. The van der Waals surface area contributed by atoms with Gasteiger partial charge in [0, 0.05) is 27.3 Å². The lowest BCUT2D eigenvalue weighted by Gasteiger charge is -2.10. The predicted octanol–water partition coefficient (Wildman–Crippen LogP) is 5.59. The standard InChI is InChI=1S/C24H20ClN3O4S2/c1-16-26-23(15-33-16)17-3-2-4-20(13-17)27-24(29)14-32-21-9-11-22(12-10-21)34(30,31)28-19-7-5-18(25)6-8-19/h2-13,15,28H,14H2,1H3,(H,27,29). The number of hydrogen-bond acceptors (Lipinski definition) is 6. The Morgan fingerprint density at radius 1 is 1.03 bits per heavy atom. The molecule has 7 nitrogen and oxygen atoms in total. The summed E-state index contributed by atoms with van der Waals surface area (Å²) in [5.41, 5.74) is 2.80. The van der Waals surface area contributed by atoms with Gasteiger partial charge in [0.15, 0.2) is 6.61 Å². The third-order valence-electron chi connectivity index (χ3n) is 4.66. The number of carbonyl (C=O) groups is 1. The lowest BCUT2D eigenvalue weighted by atomic mass is 10.1. The maximum Gasteiger partial charge on any atom is 0.262 e. The predicted molar refractivity (Wildman–Crippen MR) is 135 cm³/mol. The van der Waals surface area contributed by atoms with E-state index in [2.05, 4.69) is 15.0 Å². The van der Waals surface area contributed by atoms with Gasteiger partial charge in [-0.3, -0.25) is 9.52 Å². The van der Waals surface area contributed by atoms with E-state index in [0.717, 1.165) is 16.3 Å². The van der Waals surface area contributed by atoms with Gasteiger partial charge >= 0.3 is 0 Å². The number of aryl methyl sites for hydroxylation is 1. The molecule has 0 saturated heterocycles. The summed E-state index contributed by atoms with van der Waals surface area (Å²) < 4.78 is 33.1. The Labute approximate surface area is 206 Å². The first-order chi connectivity index (χ1) is 16.3. The van der Waals surface area contributed by atoms with E-state index in [1.807, 2.05) is 30.5 Å². The van der Waals surface area contributed by atoms with Crippen LogP contribution >= 0.6 is 22.9 Å². The van der Waals surface area contributed by atoms with Gasteiger partial charge in [-0.25, -0.2) is 13.4 Å². The van der Waals surface area contributed by atoms with Gasteiger partial charge in [-0.2, -0.15) is 0 Å². The molecule has 0 spiro atoms. The average molecular weight is 514 g/mol. The normalized spacial score (nSPS) is 11.1. The van der Waals surface area contributed by atoms with Crippen LogP contribution in [0.4, 0.5) is 11.4 Å². The van der Waals surface area contributed by atoms with Crippen molar-refractivity contribution in [2.45, 2.75) is 11.8 Å². The number of sulfonamides is 1. The minimum Gasteiger partial charge on any atom is -0.484 e. The molecule has 0 unspecified atom stereocenters. The van der Waals surface area contributed by atoms with Crippen molar-refractivity contribution >= 4 is 50.2 Å². The van der Waals surface area contributed by atoms with Crippen LogP contribution < -0.4 is 14.8 Å². The summed E-state index contributed by atoms with van der Waals surface area (Å²) in [6, 6.07) is 19.5. The molecule has 174 valence electrons. The Kier molecular flexibility index (Phi) is 7.16. The van der Waals surface area contributed by atoms with E-state index in [1.54, 1.807) is 41.7 Å². The van der Waals surface area contributed by atoms with Gasteiger partial charge < -0.3 is 10.1 Å². The number of carbonyl (C=O) groups excluding carboxylic acids is 1. The molecule has 34 heavy (non-hydrogen) atoms. The third kappa shape index (κ3) is 6.13. The molecule has 1 aromatic heterocycles. The fraction of sp³-hybridized carbons (Fsp3) is 0.0833. The minimum atomic E-state index is -3.77. The molecule has 0 aliphatic heterocycles. The molecule has 0 aliphatic carbocycles. The Hall–Kier alpha value is -3.40. The fourth-order valence-corrected chi connectivity index (χ4v) is 4.85. The Balaban J connectivity index is 1.33. The highest BCUT2D eigenvalue weighted by molar-refractivity contribution is 7.92. The molecule has 0 aliphatic rings. The van der Waals surface area contributed by atoms with E-state index in [9.17, 15) is 13.2 Å². The molecule has 1 amide bonds. The van der Waals surface area contributed by atoms with Crippen molar-refractivity contribution in [3.63, 3.8) is 0 Å². The van der Waals surface area contributed by atoms with E-state index in [-0.39, 0.29) is 17.4 Å². The van der Waals surface area contributed by atoms with Crippen LogP contribution in [0.15, 0.2) is 83.1 Å². The molecular weight excluding hydrogens is 494 g/mol. The number of amides is 1. The third-order valence-corrected chi connectivity index (χ3v) is 7.08. The van der Waals surface area contributed by atoms with E-state index in [4.69, 9.17) is 16.3 Å². The van der Waals surface area contributed by atoms with Gasteiger partial charge in [0.05, 0.1) is 15.6 Å². The van der Waals surface area contributed by atoms with Crippen LogP contribution in [0.2, 0.25) is 5.02 Å². The number of benzene rings is 3. The molecule has 0 saturated carbocycles. The quantitative estimate of drug-likeness (QED) is 0.320. The summed E-state index contributed by atoms with van der Waals surface area (Å²) in [4.78, 5) is 16.8. The number of nitrogens with one attached hydrogen (secondary N) is 2. The summed E-state index contributed by atoms with van der Waals surface area (Å²) >= 11 is 7.39. The number of thiazole rings is 1. The van der Waals surface area contributed by atoms with Crippen molar-refractivity contribution in [1.82, 2.24) is 4.98 Å². The summed E-state index contributed by atoms with van der Waals surface area (Å²) in [6.45, 7) is 1.71. The van der Waals surface area contributed by atoms with E-state index >= 15 is 0 Å². The molecule has 2 N–H and O–H groups in total. The van der Waals surface area contributed by atoms with Gasteiger partial charge in [0.2, 0.25) is 0 Å². The summed E-state index contributed by atoms with van der Waals surface area (Å²) in [5, 5.41) is 6.24. The van der Waals surface area contributed by atoms with Crippen LogP contribution in [0.1, 0.15) is 5.01 Å². The lowest BCUT2D eigenvalue weighted by Crippen LogP contribution is -2.20. The molecule has 0 fully saturated rings. The van der Waals surface area contributed by atoms with Gasteiger partial charge in [0.1, 0.15) is 5.75 Å². The van der Waals surface area contributed by atoms with Crippen molar-refractivity contribution < 1.29 is 17.9 Å². The van der Waals surface area contributed by atoms with E-state index < -0.39 is 10.0 Å². The molecule has 10 heteroatoms. The molecule has 0 bridgehead atoms. The van der Waals surface area contributed by atoms with Crippen LogP contribution in [-0.4, -0.2) is 25.9 Å². The fourth-order valence-electron chi connectivity index (χ4n) is 3.05.